The second kappa shape index (κ2) is 3.63. The molecule has 0 saturated carbocycles. The smallest absolute Gasteiger partial charge is 0.0127 e. The Morgan fingerprint density at radius 3 is 3.10 bits per heavy atom. The zero-order valence-electron chi connectivity index (χ0n) is 6.64. The van der Waals surface area contributed by atoms with Gasteiger partial charge in [0.2, 0.25) is 0 Å². The fraction of sp³-hybridized carbons (Fsp3) is 0.778. The molecule has 0 aromatic heterocycles. The van der Waals surface area contributed by atoms with Crippen LogP contribution in [0.25, 0.3) is 0 Å². The Hall–Kier alpha value is -0.480. The van der Waals surface area contributed by atoms with Crippen molar-refractivity contribution in [2.75, 3.05) is 20.1 Å². The topological polar surface area (TPSA) is 3.24 Å². The summed E-state index contributed by atoms with van der Waals surface area (Å²) in [4.78, 5) is 2.37. The van der Waals surface area contributed by atoms with Crippen molar-refractivity contribution >= 4 is 0 Å². The Kier molecular flexibility index (Phi) is 2.77. The van der Waals surface area contributed by atoms with Crippen molar-refractivity contribution < 1.29 is 0 Å². The van der Waals surface area contributed by atoms with E-state index in [1.54, 1.807) is 0 Å². The molecule has 1 rings (SSSR count). The van der Waals surface area contributed by atoms with Crippen LogP contribution in [0.4, 0.5) is 0 Å². The van der Waals surface area contributed by atoms with Crippen LogP contribution in [0.1, 0.15) is 19.3 Å². The lowest BCUT2D eigenvalue weighted by Gasteiger charge is -2.28. The quantitative estimate of drug-likeness (QED) is 0.493. The third-order valence-electron chi connectivity index (χ3n) is 2.13. The lowest BCUT2D eigenvalue weighted by molar-refractivity contribution is 0.213. The molecule has 0 radical (unpaired) electrons. The fourth-order valence-electron chi connectivity index (χ4n) is 1.61. The van der Waals surface area contributed by atoms with Crippen LogP contribution in [0.5, 0.6) is 0 Å². The lowest BCUT2D eigenvalue weighted by atomic mass is 9.96. The predicted molar refractivity (Wildman–Crippen MR) is 43.7 cm³/mol. The van der Waals surface area contributed by atoms with Gasteiger partial charge >= 0.3 is 0 Å². The molecule has 0 aliphatic carbocycles. The Morgan fingerprint density at radius 2 is 2.50 bits per heavy atom. The van der Waals surface area contributed by atoms with E-state index in [1.807, 2.05) is 0 Å². The summed E-state index contributed by atoms with van der Waals surface area (Å²) >= 11 is 0. The molecule has 56 valence electrons. The van der Waals surface area contributed by atoms with Gasteiger partial charge in [-0.2, -0.15) is 0 Å². The summed E-state index contributed by atoms with van der Waals surface area (Å²) in [6.07, 6.45) is 8.85. The van der Waals surface area contributed by atoms with Crippen LogP contribution in [0.2, 0.25) is 0 Å². The van der Waals surface area contributed by atoms with Crippen LogP contribution >= 0.6 is 0 Å². The molecule has 0 aromatic carbocycles. The molecule has 1 aliphatic rings. The summed E-state index contributed by atoms with van der Waals surface area (Å²) in [5, 5.41) is 0. The number of hydrogen-bond acceptors (Lipinski definition) is 1. The first-order valence-electron chi connectivity index (χ1n) is 3.95. The highest BCUT2D eigenvalue weighted by atomic mass is 15.1. The van der Waals surface area contributed by atoms with E-state index in [1.165, 1.54) is 25.9 Å². The maximum Gasteiger partial charge on any atom is 0.0127 e. The molecule has 1 atom stereocenters. The van der Waals surface area contributed by atoms with E-state index in [-0.39, 0.29) is 0 Å². The maximum absolute atomic E-state index is 5.24. The third kappa shape index (κ3) is 2.04. The number of likely N-dealkylation sites (tertiary alicyclic amines) is 1. The molecular formula is C9H15N. The van der Waals surface area contributed by atoms with E-state index < -0.39 is 0 Å². The van der Waals surface area contributed by atoms with Gasteiger partial charge < -0.3 is 4.90 Å². The fourth-order valence-corrected chi connectivity index (χ4v) is 1.61. The van der Waals surface area contributed by atoms with E-state index in [0.29, 0.717) is 0 Å². The second-order valence-corrected chi connectivity index (χ2v) is 3.18. The van der Waals surface area contributed by atoms with Crippen molar-refractivity contribution in [1.82, 2.24) is 4.90 Å². The van der Waals surface area contributed by atoms with E-state index >= 15 is 0 Å². The van der Waals surface area contributed by atoms with Crippen molar-refractivity contribution in [3.8, 4) is 12.3 Å². The van der Waals surface area contributed by atoms with Crippen LogP contribution in [0.15, 0.2) is 0 Å². The van der Waals surface area contributed by atoms with Gasteiger partial charge in [-0.3, -0.25) is 0 Å². The Balaban J connectivity index is 2.27. The van der Waals surface area contributed by atoms with Gasteiger partial charge in [0.25, 0.3) is 0 Å². The zero-order valence-corrected chi connectivity index (χ0v) is 6.64. The molecule has 0 amide bonds. The summed E-state index contributed by atoms with van der Waals surface area (Å²) in [5.74, 6) is 3.50. The van der Waals surface area contributed by atoms with Crippen LogP contribution < -0.4 is 0 Å². The van der Waals surface area contributed by atoms with Gasteiger partial charge in [0.1, 0.15) is 0 Å². The highest BCUT2D eigenvalue weighted by molar-refractivity contribution is 4.88. The van der Waals surface area contributed by atoms with Gasteiger partial charge in [-0.1, -0.05) is 0 Å². The summed E-state index contributed by atoms with van der Waals surface area (Å²) in [7, 11) is 2.17. The Labute approximate surface area is 63.4 Å². The minimum atomic E-state index is 0.767. The number of piperidine rings is 1. The SMILES string of the molecule is C#CCC1CCCN(C)C1. The summed E-state index contributed by atoms with van der Waals surface area (Å²) in [6, 6.07) is 0. The molecule has 10 heavy (non-hydrogen) atoms. The molecule has 0 aromatic rings. The minimum Gasteiger partial charge on any atom is -0.306 e. The largest absolute Gasteiger partial charge is 0.306 e. The van der Waals surface area contributed by atoms with E-state index in [0.717, 1.165) is 12.3 Å². The molecule has 0 bridgehead atoms. The van der Waals surface area contributed by atoms with Gasteiger partial charge in [-0.25, -0.2) is 0 Å². The lowest BCUT2D eigenvalue weighted by Crippen LogP contribution is -2.31. The van der Waals surface area contributed by atoms with Crippen LogP contribution in [-0.2, 0) is 0 Å². The van der Waals surface area contributed by atoms with Gasteiger partial charge in [-0.15, -0.1) is 12.3 Å². The van der Waals surface area contributed by atoms with E-state index in [4.69, 9.17) is 6.42 Å². The van der Waals surface area contributed by atoms with Crippen molar-refractivity contribution in [1.29, 1.82) is 0 Å². The van der Waals surface area contributed by atoms with Gasteiger partial charge in [0, 0.05) is 13.0 Å². The van der Waals surface area contributed by atoms with E-state index in [2.05, 4.69) is 17.9 Å². The van der Waals surface area contributed by atoms with Crippen molar-refractivity contribution in [3.05, 3.63) is 0 Å². The highest BCUT2D eigenvalue weighted by Gasteiger charge is 2.15. The molecule has 1 saturated heterocycles. The van der Waals surface area contributed by atoms with Crippen LogP contribution in [-0.4, -0.2) is 25.0 Å². The van der Waals surface area contributed by atoms with Crippen LogP contribution in [0, 0.1) is 18.3 Å². The molecule has 1 aliphatic heterocycles. The first-order valence-corrected chi connectivity index (χ1v) is 3.95. The first-order chi connectivity index (χ1) is 4.83. The normalized spacial score (nSPS) is 27.8. The molecule has 1 nitrogen and oxygen atoms in total. The molecule has 1 unspecified atom stereocenters. The molecule has 0 spiro atoms. The van der Waals surface area contributed by atoms with Crippen molar-refractivity contribution in [2.24, 2.45) is 5.92 Å². The molecule has 1 heteroatoms. The summed E-state index contributed by atoms with van der Waals surface area (Å²) < 4.78 is 0. The standard InChI is InChI=1S/C9H15N/c1-3-5-9-6-4-7-10(2)8-9/h1,9H,4-8H2,2H3. The Morgan fingerprint density at radius 1 is 1.70 bits per heavy atom. The summed E-state index contributed by atoms with van der Waals surface area (Å²) in [5.41, 5.74) is 0. The number of nitrogens with zero attached hydrogens (tertiary/aromatic N) is 1. The van der Waals surface area contributed by atoms with Crippen molar-refractivity contribution in [2.45, 2.75) is 19.3 Å². The van der Waals surface area contributed by atoms with Gasteiger partial charge in [0.15, 0.2) is 0 Å². The summed E-state index contributed by atoms with van der Waals surface area (Å²) in [6.45, 7) is 2.45. The monoisotopic (exact) mass is 137 g/mol. The zero-order chi connectivity index (χ0) is 7.40. The molecule has 1 heterocycles. The molecule has 0 N–H and O–H groups in total. The molecule has 1 fully saturated rings. The number of terminal acetylenes is 1. The Bertz CT molecular complexity index is 134. The van der Waals surface area contributed by atoms with Gasteiger partial charge in [0.05, 0.1) is 0 Å². The average Bonchev–Trinajstić information content (AvgIpc) is 1.88. The second-order valence-electron chi connectivity index (χ2n) is 3.18. The van der Waals surface area contributed by atoms with Gasteiger partial charge in [-0.05, 0) is 32.4 Å². The number of rotatable bonds is 1. The predicted octanol–water partition coefficient (Wildman–Crippen LogP) is 1.35. The average molecular weight is 137 g/mol. The molecular weight excluding hydrogens is 122 g/mol. The van der Waals surface area contributed by atoms with Crippen LogP contribution in [0.3, 0.4) is 0 Å². The third-order valence-corrected chi connectivity index (χ3v) is 2.13. The minimum absolute atomic E-state index is 0.767. The number of hydrogen-bond donors (Lipinski definition) is 0. The maximum atomic E-state index is 5.24. The van der Waals surface area contributed by atoms with E-state index in [9.17, 15) is 0 Å². The first kappa shape index (κ1) is 7.63. The highest BCUT2D eigenvalue weighted by Crippen LogP contribution is 2.17. The van der Waals surface area contributed by atoms with Crippen molar-refractivity contribution in [3.63, 3.8) is 0 Å².